The molecule has 76 valence electrons. The van der Waals surface area contributed by atoms with Gasteiger partial charge in [0, 0.05) is 5.97 Å². The molecular formula is C11H19O2-. The van der Waals surface area contributed by atoms with Crippen molar-refractivity contribution in [3.05, 3.63) is 12.2 Å². The van der Waals surface area contributed by atoms with Gasteiger partial charge in [0.1, 0.15) is 0 Å². The summed E-state index contributed by atoms with van der Waals surface area (Å²) in [7, 11) is 0. The highest BCUT2D eigenvalue weighted by atomic mass is 16.4. The minimum Gasteiger partial charge on any atom is -0.550 e. The first-order valence-electron chi connectivity index (χ1n) is 4.85. The van der Waals surface area contributed by atoms with E-state index in [1.54, 1.807) is 0 Å². The molecular weight excluding hydrogens is 164 g/mol. The van der Waals surface area contributed by atoms with E-state index in [4.69, 9.17) is 0 Å². The fourth-order valence-electron chi connectivity index (χ4n) is 1.16. The molecule has 0 aliphatic heterocycles. The van der Waals surface area contributed by atoms with Crippen LogP contribution >= 0.6 is 0 Å². The highest BCUT2D eigenvalue weighted by Gasteiger charge is 2.13. The van der Waals surface area contributed by atoms with Gasteiger partial charge in [0.05, 0.1) is 0 Å². The predicted molar refractivity (Wildman–Crippen MR) is 52.1 cm³/mol. The minimum absolute atomic E-state index is 0.0929. The Labute approximate surface area is 80.7 Å². The SMILES string of the molecule is CCCC/C=C\C(C)(C)CC(=O)[O-]. The van der Waals surface area contributed by atoms with Gasteiger partial charge >= 0.3 is 0 Å². The Hall–Kier alpha value is -0.790. The first kappa shape index (κ1) is 12.2. The van der Waals surface area contributed by atoms with Gasteiger partial charge in [0.25, 0.3) is 0 Å². The monoisotopic (exact) mass is 183 g/mol. The number of carbonyl (C=O) groups excluding carboxylic acids is 1. The smallest absolute Gasteiger partial charge is 0.0422 e. The first-order valence-corrected chi connectivity index (χ1v) is 4.85. The first-order chi connectivity index (χ1) is 5.98. The number of carboxylic acids is 1. The van der Waals surface area contributed by atoms with Crippen LogP contribution in [0.25, 0.3) is 0 Å². The van der Waals surface area contributed by atoms with E-state index >= 15 is 0 Å². The summed E-state index contributed by atoms with van der Waals surface area (Å²) < 4.78 is 0. The maximum Gasteiger partial charge on any atom is 0.0422 e. The molecule has 0 rings (SSSR count). The highest BCUT2D eigenvalue weighted by Crippen LogP contribution is 2.21. The Morgan fingerprint density at radius 1 is 1.46 bits per heavy atom. The van der Waals surface area contributed by atoms with Crippen LogP contribution in [0.2, 0.25) is 0 Å². The molecule has 0 aromatic carbocycles. The second-order valence-corrected chi connectivity index (χ2v) is 4.08. The number of unbranched alkanes of at least 4 members (excludes halogenated alkanes) is 2. The number of hydrogen-bond acceptors (Lipinski definition) is 2. The van der Waals surface area contributed by atoms with Crippen LogP contribution in [-0.2, 0) is 4.79 Å². The van der Waals surface area contributed by atoms with E-state index in [-0.39, 0.29) is 11.8 Å². The van der Waals surface area contributed by atoms with Crippen LogP contribution in [0.15, 0.2) is 12.2 Å². The van der Waals surface area contributed by atoms with Crippen molar-refractivity contribution in [1.29, 1.82) is 0 Å². The van der Waals surface area contributed by atoms with Crippen LogP contribution in [0.1, 0.15) is 46.5 Å². The second-order valence-electron chi connectivity index (χ2n) is 4.08. The zero-order valence-electron chi connectivity index (χ0n) is 8.80. The molecule has 0 aromatic heterocycles. The largest absolute Gasteiger partial charge is 0.550 e. The molecule has 2 heteroatoms. The van der Waals surface area contributed by atoms with Crippen molar-refractivity contribution in [2.45, 2.75) is 46.5 Å². The molecule has 0 saturated carbocycles. The van der Waals surface area contributed by atoms with Crippen LogP contribution in [0, 0.1) is 5.41 Å². The number of hydrogen-bond donors (Lipinski definition) is 0. The van der Waals surface area contributed by atoms with Crippen molar-refractivity contribution in [3.63, 3.8) is 0 Å². The van der Waals surface area contributed by atoms with E-state index in [2.05, 4.69) is 13.0 Å². The lowest BCUT2D eigenvalue weighted by Crippen LogP contribution is -2.27. The Morgan fingerprint density at radius 3 is 2.54 bits per heavy atom. The van der Waals surface area contributed by atoms with Crippen LogP contribution in [0.5, 0.6) is 0 Å². The summed E-state index contributed by atoms with van der Waals surface area (Å²) in [6.45, 7) is 5.96. The van der Waals surface area contributed by atoms with E-state index < -0.39 is 5.97 Å². The molecule has 13 heavy (non-hydrogen) atoms. The number of carbonyl (C=O) groups is 1. The van der Waals surface area contributed by atoms with Gasteiger partial charge in [0.15, 0.2) is 0 Å². The molecule has 0 aliphatic carbocycles. The van der Waals surface area contributed by atoms with E-state index in [1.165, 1.54) is 6.42 Å². The van der Waals surface area contributed by atoms with Crippen molar-refractivity contribution >= 4 is 5.97 Å². The second kappa shape index (κ2) is 5.79. The van der Waals surface area contributed by atoms with Gasteiger partial charge in [-0.15, -0.1) is 0 Å². The maximum absolute atomic E-state index is 10.4. The van der Waals surface area contributed by atoms with Crippen molar-refractivity contribution in [2.75, 3.05) is 0 Å². The molecule has 0 atom stereocenters. The number of allylic oxidation sites excluding steroid dienone is 2. The van der Waals surface area contributed by atoms with Gasteiger partial charge in [-0.25, -0.2) is 0 Å². The minimum atomic E-state index is -0.981. The summed E-state index contributed by atoms with van der Waals surface area (Å²) in [5, 5.41) is 10.4. The summed E-state index contributed by atoms with van der Waals surface area (Å²) >= 11 is 0. The summed E-state index contributed by atoms with van der Waals surface area (Å²) in [5.74, 6) is -0.981. The molecule has 0 bridgehead atoms. The molecule has 0 amide bonds. The lowest BCUT2D eigenvalue weighted by molar-refractivity contribution is -0.307. The van der Waals surface area contributed by atoms with Crippen LogP contribution in [-0.4, -0.2) is 5.97 Å². The van der Waals surface area contributed by atoms with Gasteiger partial charge in [0.2, 0.25) is 0 Å². The normalized spacial score (nSPS) is 12.2. The van der Waals surface area contributed by atoms with Gasteiger partial charge in [-0.2, -0.15) is 0 Å². The summed E-state index contributed by atoms with van der Waals surface area (Å²) in [6, 6.07) is 0. The fourth-order valence-corrected chi connectivity index (χ4v) is 1.16. The molecule has 0 aromatic rings. The lowest BCUT2D eigenvalue weighted by Gasteiger charge is -2.20. The topological polar surface area (TPSA) is 40.1 Å². The van der Waals surface area contributed by atoms with Crippen LogP contribution < -0.4 is 5.11 Å². The molecule has 0 N–H and O–H groups in total. The summed E-state index contributed by atoms with van der Waals surface area (Å²) in [4.78, 5) is 10.4. The molecule has 0 unspecified atom stereocenters. The van der Waals surface area contributed by atoms with Crippen LogP contribution in [0.3, 0.4) is 0 Å². The third-order valence-corrected chi connectivity index (χ3v) is 1.89. The zero-order chi connectivity index (χ0) is 10.3. The quantitative estimate of drug-likeness (QED) is 0.466. The third kappa shape index (κ3) is 7.57. The summed E-state index contributed by atoms with van der Waals surface area (Å²) in [5.41, 5.74) is -0.271. The van der Waals surface area contributed by atoms with Crippen LogP contribution in [0.4, 0.5) is 0 Å². The predicted octanol–water partition coefficient (Wildman–Crippen LogP) is 1.90. The fraction of sp³-hybridized carbons (Fsp3) is 0.727. The zero-order valence-corrected chi connectivity index (χ0v) is 8.80. The number of carboxylic acid groups (broad SMARTS) is 1. The maximum atomic E-state index is 10.4. The molecule has 2 nitrogen and oxygen atoms in total. The van der Waals surface area contributed by atoms with E-state index in [0.717, 1.165) is 12.8 Å². The van der Waals surface area contributed by atoms with Crippen molar-refractivity contribution in [3.8, 4) is 0 Å². The molecule has 0 saturated heterocycles. The third-order valence-electron chi connectivity index (χ3n) is 1.89. The van der Waals surface area contributed by atoms with Gasteiger partial charge in [-0.05, 0) is 18.3 Å². The van der Waals surface area contributed by atoms with Crippen molar-refractivity contribution in [1.82, 2.24) is 0 Å². The Balaban J connectivity index is 3.85. The Morgan fingerprint density at radius 2 is 2.08 bits per heavy atom. The lowest BCUT2D eigenvalue weighted by atomic mass is 9.88. The number of aliphatic carboxylic acids is 1. The standard InChI is InChI=1S/C11H20O2/c1-4-5-6-7-8-11(2,3)9-10(12)13/h7-8H,4-6,9H2,1-3H3,(H,12,13)/p-1/b8-7-. The average molecular weight is 183 g/mol. The van der Waals surface area contributed by atoms with Crippen molar-refractivity contribution < 1.29 is 9.90 Å². The van der Waals surface area contributed by atoms with E-state index in [0.29, 0.717) is 0 Å². The highest BCUT2D eigenvalue weighted by molar-refractivity contribution is 5.65. The molecule has 0 radical (unpaired) electrons. The molecule has 0 spiro atoms. The van der Waals surface area contributed by atoms with Gasteiger partial charge in [-0.3, -0.25) is 0 Å². The molecule has 0 fully saturated rings. The van der Waals surface area contributed by atoms with E-state index in [1.807, 2.05) is 19.9 Å². The van der Waals surface area contributed by atoms with E-state index in [9.17, 15) is 9.90 Å². The Kier molecular flexibility index (Phi) is 5.44. The molecule has 0 heterocycles. The number of rotatable bonds is 6. The average Bonchev–Trinajstić information content (AvgIpc) is 1.95. The van der Waals surface area contributed by atoms with Gasteiger partial charge < -0.3 is 9.90 Å². The Bertz CT molecular complexity index is 181. The van der Waals surface area contributed by atoms with Gasteiger partial charge in [-0.1, -0.05) is 45.8 Å². The van der Waals surface area contributed by atoms with Crippen molar-refractivity contribution in [2.24, 2.45) is 5.41 Å². The summed E-state index contributed by atoms with van der Waals surface area (Å²) in [6.07, 6.45) is 7.50. The molecule has 0 aliphatic rings.